The zero-order valence-corrected chi connectivity index (χ0v) is 10.8. The van der Waals surface area contributed by atoms with Crippen molar-refractivity contribution in [2.45, 2.75) is 31.8 Å². The third-order valence-electron chi connectivity index (χ3n) is 4.57. The lowest BCUT2D eigenvalue weighted by atomic mass is 9.81. The van der Waals surface area contributed by atoms with Crippen LogP contribution in [0.3, 0.4) is 0 Å². The fourth-order valence-corrected chi connectivity index (χ4v) is 3.70. The highest BCUT2D eigenvalue weighted by Crippen LogP contribution is 2.48. The summed E-state index contributed by atoms with van der Waals surface area (Å²) in [4.78, 5) is 0. The van der Waals surface area contributed by atoms with Crippen molar-refractivity contribution in [2.24, 2.45) is 0 Å². The second-order valence-corrected chi connectivity index (χ2v) is 5.77. The SMILES string of the molecule is Cc1ccc2c(c1)[C@]1(C)N[C@H](C2)c2ccccc21. The van der Waals surface area contributed by atoms with Crippen LogP contribution >= 0.6 is 0 Å². The van der Waals surface area contributed by atoms with Crippen molar-refractivity contribution >= 4 is 0 Å². The monoisotopic (exact) mass is 235 g/mol. The summed E-state index contributed by atoms with van der Waals surface area (Å²) in [6.07, 6.45) is 1.11. The minimum Gasteiger partial charge on any atom is -0.297 e. The standard InChI is InChI=1S/C17H17N/c1-11-7-8-12-10-16-13-5-3-4-6-14(13)17(2,18-16)15(12)9-11/h3-9,16,18H,10H2,1-2H3/t16-,17-/m1/s1. The lowest BCUT2D eigenvalue weighted by Crippen LogP contribution is -2.41. The zero-order valence-electron chi connectivity index (χ0n) is 10.8. The van der Waals surface area contributed by atoms with Gasteiger partial charge in [-0.2, -0.15) is 0 Å². The Balaban J connectivity index is 2.04. The van der Waals surface area contributed by atoms with Crippen molar-refractivity contribution < 1.29 is 0 Å². The average molecular weight is 235 g/mol. The van der Waals surface area contributed by atoms with Crippen molar-refractivity contribution in [1.29, 1.82) is 0 Å². The van der Waals surface area contributed by atoms with Crippen LogP contribution in [0.4, 0.5) is 0 Å². The quantitative estimate of drug-likeness (QED) is 0.737. The van der Waals surface area contributed by atoms with Crippen LogP contribution < -0.4 is 5.32 Å². The van der Waals surface area contributed by atoms with E-state index in [4.69, 9.17) is 0 Å². The van der Waals surface area contributed by atoms with Gasteiger partial charge in [0.2, 0.25) is 0 Å². The van der Waals surface area contributed by atoms with Gasteiger partial charge in [-0.1, -0.05) is 48.0 Å². The Hall–Kier alpha value is -1.60. The first-order chi connectivity index (χ1) is 8.68. The molecule has 0 aromatic heterocycles. The molecule has 2 heterocycles. The van der Waals surface area contributed by atoms with Gasteiger partial charge in [-0.3, -0.25) is 5.32 Å². The Labute approximate surface area is 108 Å². The normalized spacial score (nSPS) is 27.8. The van der Waals surface area contributed by atoms with Crippen LogP contribution in [0, 0.1) is 6.92 Å². The third-order valence-corrected chi connectivity index (χ3v) is 4.57. The van der Waals surface area contributed by atoms with Gasteiger partial charge in [-0.05, 0) is 42.5 Å². The maximum atomic E-state index is 3.82. The Morgan fingerprint density at radius 3 is 2.83 bits per heavy atom. The molecule has 2 aliphatic rings. The lowest BCUT2D eigenvalue weighted by Gasteiger charge is -2.34. The molecule has 2 bridgehead atoms. The summed E-state index contributed by atoms with van der Waals surface area (Å²) in [5, 5.41) is 3.82. The van der Waals surface area contributed by atoms with Crippen LogP contribution in [-0.2, 0) is 12.0 Å². The molecule has 0 saturated heterocycles. The third kappa shape index (κ3) is 1.15. The average Bonchev–Trinajstić information content (AvgIpc) is 2.62. The summed E-state index contributed by atoms with van der Waals surface area (Å²) < 4.78 is 0. The molecular weight excluding hydrogens is 218 g/mol. The molecule has 4 rings (SSSR count). The molecule has 2 atom stereocenters. The fourth-order valence-electron chi connectivity index (χ4n) is 3.70. The van der Waals surface area contributed by atoms with Gasteiger partial charge in [0.15, 0.2) is 0 Å². The Morgan fingerprint density at radius 1 is 1.11 bits per heavy atom. The number of benzene rings is 2. The Kier molecular flexibility index (Phi) is 1.86. The van der Waals surface area contributed by atoms with Crippen molar-refractivity contribution in [2.75, 3.05) is 0 Å². The van der Waals surface area contributed by atoms with Gasteiger partial charge in [-0.15, -0.1) is 0 Å². The molecule has 1 nitrogen and oxygen atoms in total. The molecule has 1 N–H and O–H groups in total. The van der Waals surface area contributed by atoms with E-state index in [1.807, 2.05) is 0 Å². The van der Waals surface area contributed by atoms with E-state index >= 15 is 0 Å². The minimum absolute atomic E-state index is 0.000856. The molecule has 1 heteroatoms. The van der Waals surface area contributed by atoms with Crippen LogP contribution in [-0.4, -0.2) is 0 Å². The Bertz CT molecular complexity index is 644. The molecule has 0 unspecified atom stereocenters. The van der Waals surface area contributed by atoms with Crippen LogP contribution in [0.5, 0.6) is 0 Å². The number of hydrogen-bond acceptors (Lipinski definition) is 1. The first kappa shape index (κ1) is 10.3. The molecule has 0 fully saturated rings. The van der Waals surface area contributed by atoms with Crippen molar-refractivity contribution in [3.05, 3.63) is 70.3 Å². The number of aryl methyl sites for hydroxylation is 1. The predicted molar refractivity (Wildman–Crippen MR) is 73.7 cm³/mol. The number of rotatable bonds is 0. The predicted octanol–water partition coefficient (Wildman–Crippen LogP) is 3.46. The molecule has 18 heavy (non-hydrogen) atoms. The smallest absolute Gasteiger partial charge is 0.0672 e. The van der Waals surface area contributed by atoms with E-state index in [-0.39, 0.29) is 5.54 Å². The summed E-state index contributed by atoms with van der Waals surface area (Å²) in [7, 11) is 0. The maximum Gasteiger partial charge on any atom is 0.0672 e. The number of hydrogen-bond donors (Lipinski definition) is 1. The molecular formula is C17H17N. The first-order valence-electron chi connectivity index (χ1n) is 6.65. The van der Waals surface area contributed by atoms with E-state index in [9.17, 15) is 0 Å². The summed E-state index contributed by atoms with van der Waals surface area (Å²) >= 11 is 0. The van der Waals surface area contributed by atoms with Gasteiger partial charge < -0.3 is 0 Å². The van der Waals surface area contributed by atoms with Crippen LogP contribution in [0.15, 0.2) is 42.5 Å². The summed E-state index contributed by atoms with van der Waals surface area (Å²) in [5.41, 5.74) is 7.25. The minimum atomic E-state index is 0.000856. The molecule has 0 saturated carbocycles. The van der Waals surface area contributed by atoms with Crippen LogP contribution in [0.1, 0.15) is 40.8 Å². The molecule has 0 radical (unpaired) electrons. The van der Waals surface area contributed by atoms with Crippen molar-refractivity contribution in [3.8, 4) is 0 Å². The molecule has 0 aliphatic carbocycles. The summed E-state index contributed by atoms with van der Waals surface area (Å²) in [5.74, 6) is 0. The summed E-state index contributed by atoms with van der Waals surface area (Å²) in [6, 6.07) is 16.2. The molecule has 0 spiro atoms. The van der Waals surface area contributed by atoms with Gasteiger partial charge >= 0.3 is 0 Å². The van der Waals surface area contributed by atoms with E-state index < -0.39 is 0 Å². The largest absolute Gasteiger partial charge is 0.297 e. The molecule has 2 aromatic carbocycles. The van der Waals surface area contributed by atoms with Crippen LogP contribution in [0.25, 0.3) is 0 Å². The van der Waals surface area contributed by atoms with Crippen molar-refractivity contribution in [1.82, 2.24) is 5.32 Å². The molecule has 0 amide bonds. The van der Waals surface area contributed by atoms with E-state index in [1.165, 1.54) is 27.8 Å². The van der Waals surface area contributed by atoms with Crippen LogP contribution in [0.2, 0.25) is 0 Å². The van der Waals surface area contributed by atoms with Crippen molar-refractivity contribution in [3.63, 3.8) is 0 Å². The van der Waals surface area contributed by atoms with E-state index in [1.54, 1.807) is 0 Å². The van der Waals surface area contributed by atoms with E-state index in [0.717, 1.165) is 6.42 Å². The van der Waals surface area contributed by atoms with E-state index in [2.05, 4.69) is 61.6 Å². The van der Waals surface area contributed by atoms with Gasteiger partial charge in [0.25, 0.3) is 0 Å². The lowest BCUT2D eigenvalue weighted by molar-refractivity contribution is 0.388. The Morgan fingerprint density at radius 2 is 1.94 bits per heavy atom. The highest BCUT2D eigenvalue weighted by atomic mass is 15.1. The van der Waals surface area contributed by atoms with Gasteiger partial charge in [0, 0.05) is 6.04 Å². The molecule has 2 aliphatic heterocycles. The molecule has 90 valence electrons. The maximum absolute atomic E-state index is 3.82. The zero-order chi connectivity index (χ0) is 12.3. The number of nitrogens with one attached hydrogen (secondary N) is 1. The van der Waals surface area contributed by atoms with Gasteiger partial charge in [0.1, 0.15) is 0 Å². The van der Waals surface area contributed by atoms with Gasteiger partial charge in [0.05, 0.1) is 5.54 Å². The van der Waals surface area contributed by atoms with E-state index in [0.29, 0.717) is 6.04 Å². The second kappa shape index (κ2) is 3.24. The topological polar surface area (TPSA) is 12.0 Å². The highest BCUT2D eigenvalue weighted by Gasteiger charge is 2.45. The second-order valence-electron chi connectivity index (χ2n) is 5.77. The van der Waals surface area contributed by atoms with Gasteiger partial charge in [-0.25, -0.2) is 0 Å². The summed E-state index contributed by atoms with van der Waals surface area (Å²) in [6.45, 7) is 4.50. The molecule has 2 aromatic rings. The highest BCUT2D eigenvalue weighted by molar-refractivity contribution is 5.55. The first-order valence-corrected chi connectivity index (χ1v) is 6.65. The fraction of sp³-hybridized carbons (Fsp3) is 0.294. The number of fused-ring (bicyclic) bond motifs is 7.